The first-order valence-electron chi connectivity index (χ1n) is 12.3. The number of halogens is 1. The zero-order valence-corrected chi connectivity index (χ0v) is 21.6. The monoisotopic (exact) mass is 520 g/mol. The highest BCUT2D eigenvalue weighted by atomic mass is 35.5. The third kappa shape index (κ3) is 5.61. The molecule has 2 aromatic carbocycles. The van der Waals surface area contributed by atoms with Crippen molar-refractivity contribution in [2.24, 2.45) is 5.92 Å². The predicted octanol–water partition coefficient (Wildman–Crippen LogP) is 3.89. The number of rotatable bonds is 6. The molecule has 3 aromatic rings. The molecule has 2 fully saturated rings. The second-order valence-electron chi connectivity index (χ2n) is 9.24. The van der Waals surface area contributed by atoms with E-state index in [-0.39, 0.29) is 24.2 Å². The van der Waals surface area contributed by atoms with E-state index in [4.69, 9.17) is 21.3 Å². The van der Waals surface area contributed by atoms with Crippen LogP contribution in [0, 0.1) is 12.8 Å². The Bertz CT molecular complexity index is 1280. The minimum absolute atomic E-state index is 0.0245. The van der Waals surface area contributed by atoms with Crippen molar-refractivity contribution in [3.8, 4) is 5.75 Å². The fraction of sp³-hybridized carbons (Fsp3) is 0.333. The van der Waals surface area contributed by atoms with Gasteiger partial charge < -0.3 is 24.8 Å². The topological polar surface area (TPSA) is 90.9 Å². The van der Waals surface area contributed by atoms with E-state index in [1.165, 1.54) is 0 Å². The Hall–Kier alpha value is -3.85. The number of hydrogen-bond acceptors (Lipinski definition) is 7. The van der Waals surface area contributed by atoms with Gasteiger partial charge in [0, 0.05) is 67.3 Å². The lowest BCUT2D eigenvalue weighted by atomic mass is 10.1. The fourth-order valence-corrected chi connectivity index (χ4v) is 4.84. The van der Waals surface area contributed by atoms with Crippen molar-refractivity contribution >= 4 is 46.6 Å². The van der Waals surface area contributed by atoms with E-state index >= 15 is 0 Å². The van der Waals surface area contributed by atoms with Gasteiger partial charge in [0.15, 0.2) is 0 Å². The highest BCUT2D eigenvalue weighted by Crippen LogP contribution is 2.28. The second-order valence-corrected chi connectivity index (χ2v) is 9.68. The van der Waals surface area contributed by atoms with Gasteiger partial charge in [-0.2, -0.15) is 4.98 Å². The molecular weight excluding hydrogens is 492 g/mol. The molecule has 2 aliphatic rings. The summed E-state index contributed by atoms with van der Waals surface area (Å²) >= 11 is 5.97. The summed E-state index contributed by atoms with van der Waals surface area (Å²) in [6.45, 7) is 4.69. The largest absolute Gasteiger partial charge is 0.497 e. The quantitative estimate of drug-likeness (QED) is 0.527. The number of carbonyl (C=O) groups is 2. The highest BCUT2D eigenvalue weighted by Gasteiger charge is 2.38. The predicted molar refractivity (Wildman–Crippen MR) is 144 cm³/mol. The van der Waals surface area contributed by atoms with Crippen LogP contribution in [0.5, 0.6) is 5.75 Å². The molecule has 1 aromatic heterocycles. The summed E-state index contributed by atoms with van der Waals surface area (Å²) < 4.78 is 5.22. The van der Waals surface area contributed by atoms with Crippen LogP contribution in [-0.2, 0) is 9.59 Å². The molecular formula is C27H29ClN6O3. The first-order valence-corrected chi connectivity index (χ1v) is 12.6. The zero-order valence-electron chi connectivity index (χ0n) is 20.9. The van der Waals surface area contributed by atoms with Crippen LogP contribution in [-0.4, -0.2) is 66.5 Å². The van der Waals surface area contributed by atoms with Crippen molar-refractivity contribution < 1.29 is 14.3 Å². The molecule has 1 atom stereocenters. The third-order valence-corrected chi connectivity index (χ3v) is 6.94. The van der Waals surface area contributed by atoms with Crippen LogP contribution >= 0.6 is 11.6 Å². The van der Waals surface area contributed by atoms with Crippen LogP contribution in [0.4, 0.5) is 23.1 Å². The summed E-state index contributed by atoms with van der Waals surface area (Å²) in [6, 6.07) is 16.7. The minimum Gasteiger partial charge on any atom is -0.497 e. The van der Waals surface area contributed by atoms with Gasteiger partial charge in [0.1, 0.15) is 11.6 Å². The number of benzene rings is 2. The van der Waals surface area contributed by atoms with Gasteiger partial charge >= 0.3 is 0 Å². The SMILES string of the molecule is COc1ccc(Nc2cc(C)nc(N3CCN(C(=O)C4CC(=O)N(c5ccc(Cl)cc5)C4)CC3)n2)cc1. The van der Waals surface area contributed by atoms with Gasteiger partial charge in [-0.3, -0.25) is 9.59 Å². The highest BCUT2D eigenvalue weighted by molar-refractivity contribution is 6.30. The molecule has 1 N–H and O–H groups in total. The van der Waals surface area contributed by atoms with Crippen molar-refractivity contribution in [3.05, 3.63) is 65.3 Å². The molecule has 1 unspecified atom stereocenters. The number of amides is 2. The maximum Gasteiger partial charge on any atom is 0.228 e. The van der Waals surface area contributed by atoms with Crippen LogP contribution in [0.1, 0.15) is 12.1 Å². The molecule has 0 bridgehead atoms. The van der Waals surface area contributed by atoms with Crippen molar-refractivity contribution in [2.75, 3.05) is 55.0 Å². The fourth-order valence-electron chi connectivity index (χ4n) is 4.71. The smallest absolute Gasteiger partial charge is 0.228 e. The summed E-state index contributed by atoms with van der Waals surface area (Å²) in [6.07, 6.45) is 0.225. The van der Waals surface area contributed by atoms with E-state index in [2.05, 4.69) is 15.2 Å². The first kappa shape index (κ1) is 24.8. The van der Waals surface area contributed by atoms with Gasteiger partial charge in [0.05, 0.1) is 13.0 Å². The number of carbonyl (C=O) groups excluding carboxylic acids is 2. The number of aryl methyl sites for hydroxylation is 1. The number of anilines is 4. The molecule has 0 radical (unpaired) electrons. The molecule has 2 aliphatic heterocycles. The van der Waals surface area contributed by atoms with Crippen LogP contribution < -0.4 is 19.9 Å². The van der Waals surface area contributed by atoms with Gasteiger partial charge in [-0.25, -0.2) is 4.98 Å². The van der Waals surface area contributed by atoms with E-state index < -0.39 is 0 Å². The molecule has 0 spiro atoms. The Morgan fingerprint density at radius 1 is 1.03 bits per heavy atom. The number of nitrogens with one attached hydrogen (secondary N) is 1. The van der Waals surface area contributed by atoms with Gasteiger partial charge in [-0.05, 0) is 55.5 Å². The van der Waals surface area contributed by atoms with Gasteiger partial charge in [-0.15, -0.1) is 0 Å². The molecule has 5 rings (SSSR count). The molecule has 2 saturated heterocycles. The van der Waals surface area contributed by atoms with Crippen LogP contribution in [0.25, 0.3) is 0 Å². The number of methoxy groups -OCH3 is 1. The Morgan fingerprint density at radius 2 is 1.73 bits per heavy atom. The Morgan fingerprint density at radius 3 is 2.41 bits per heavy atom. The Labute approximate surface area is 221 Å². The maximum absolute atomic E-state index is 13.2. The van der Waals surface area contributed by atoms with Gasteiger partial charge in [0.2, 0.25) is 17.8 Å². The molecule has 3 heterocycles. The number of piperazine rings is 1. The third-order valence-electron chi connectivity index (χ3n) is 6.69. The minimum atomic E-state index is -0.342. The molecule has 37 heavy (non-hydrogen) atoms. The summed E-state index contributed by atoms with van der Waals surface area (Å²) in [5.74, 6) is 1.77. The van der Waals surface area contributed by atoms with Crippen LogP contribution in [0.3, 0.4) is 0 Å². The second kappa shape index (κ2) is 10.6. The van der Waals surface area contributed by atoms with Crippen molar-refractivity contribution in [2.45, 2.75) is 13.3 Å². The Balaban J connectivity index is 1.19. The first-order chi connectivity index (χ1) is 17.9. The average Bonchev–Trinajstić information content (AvgIpc) is 3.30. The Kier molecular flexibility index (Phi) is 7.14. The molecule has 2 amide bonds. The molecule has 0 saturated carbocycles. The summed E-state index contributed by atoms with van der Waals surface area (Å²) in [7, 11) is 1.64. The zero-order chi connectivity index (χ0) is 25.9. The van der Waals surface area contributed by atoms with Crippen molar-refractivity contribution in [1.82, 2.24) is 14.9 Å². The van der Waals surface area contributed by atoms with E-state index in [9.17, 15) is 9.59 Å². The van der Waals surface area contributed by atoms with Crippen LogP contribution in [0.15, 0.2) is 54.6 Å². The summed E-state index contributed by atoms with van der Waals surface area (Å²) in [5, 5.41) is 3.94. The lowest BCUT2D eigenvalue weighted by Crippen LogP contribution is -2.51. The number of ether oxygens (including phenoxy) is 1. The van der Waals surface area contributed by atoms with Gasteiger partial charge in [-0.1, -0.05) is 11.6 Å². The number of aromatic nitrogens is 2. The van der Waals surface area contributed by atoms with E-state index in [1.54, 1.807) is 24.1 Å². The lowest BCUT2D eigenvalue weighted by Gasteiger charge is -2.36. The average molecular weight is 521 g/mol. The molecule has 10 heteroatoms. The number of hydrogen-bond donors (Lipinski definition) is 1. The summed E-state index contributed by atoms with van der Waals surface area (Å²) in [4.78, 5) is 40.8. The normalized spacial score (nSPS) is 17.8. The summed E-state index contributed by atoms with van der Waals surface area (Å²) in [5.41, 5.74) is 2.52. The molecule has 0 aliphatic carbocycles. The van der Waals surface area contributed by atoms with Crippen LogP contribution in [0.2, 0.25) is 5.02 Å². The van der Waals surface area contributed by atoms with E-state index in [0.717, 1.165) is 22.8 Å². The van der Waals surface area contributed by atoms with Crippen molar-refractivity contribution in [3.63, 3.8) is 0 Å². The van der Waals surface area contributed by atoms with Gasteiger partial charge in [0.25, 0.3) is 0 Å². The van der Waals surface area contributed by atoms with Crippen molar-refractivity contribution in [1.29, 1.82) is 0 Å². The molecule has 192 valence electrons. The number of nitrogens with zero attached hydrogens (tertiary/aromatic N) is 5. The maximum atomic E-state index is 13.2. The van der Waals surface area contributed by atoms with E-state index in [1.807, 2.05) is 54.3 Å². The lowest BCUT2D eigenvalue weighted by molar-refractivity contribution is -0.136. The van der Waals surface area contributed by atoms with E-state index in [0.29, 0.717) is 49.5 Å². The molecule has 9 nitrogen and oxygen atoms in total. The standard InChI is InChI=1S/C27H29ClN6O3/c1-18-15-24(30-21-5-9-23(37-2)10-6-21)31-27(29-18)33-13-11-32(12-14-33)26(36)19-16-25(35)34(17-19)22-7-3-20(28)4-8-22/h3-10,15,19H,11-14,16-17H2,1-2H3,(H,29,30,31).